The average Bonchev–Trinajstić information content (AvgIpc) is 2.76. The van der Waals surface area contributed by atoms with Crippen molar-refractivity contribution in [2.75, 3.05) is 38.3 Å². The van der Waals surface area contributed by atoms with Gasteiger partial charge in [-0.2, -0.15) is 0 Å². The smallest absolute Gasteiger partial charge is 0.227 e. The largest absolute Gasteiger partial charge is 0.379 e. The van der Waals surface area contributed by atoms with Crippen molar-refractivity contribution in [1.29, 1.82) is 0 Å². The molecule has 0 saturated carbocycles. The summed E-state index contributed by atoms with van der Waals surface area (Å²) < 4.78 is 27.7. The first-order chi connectivity index (χ1) is 8.00. The molecule has 1 rings (SSSR count). The normalized spacial score (nSPS) is 24.8. The molecule has 1 fully saturated rings. The third kappa shape index (κ3) is 4.25. The zero-order valence-corrected chi connectivity index (χ0v) is 11.0. The molecule has 2 unspecified atom stereocenters. The summed E-state index contributed by atoms with van der Waals surface area (Å²) in [4.78, 5) is 11.8. The Balaban J connectivity index is 2.35. The van der Waals surface area contributed by atoms with Crippen LogP contribution >= 0.6 is 0 Å². The molecule has 1 amide bonds. The SMILES string of the molecule is CCS(=O)(=O)CCNC(=O)C1COCC1NC. The van der Waals surface area contributed by atoms with Crippen LogP contribution < -0.4 is 10.6 Å². The van der Waals surface area contributed by atoms with E-state index in [1.807, 2.05) is 0 Å². The monoisotopic (exact) mass is 264 g/mol. The van der Waals surface area contributed by atoms with Crippen LogP contribution in [0, 0.1) is 5.92 Å². The maximum absolute atomic E-state index is 11.8. The van der Waals surface area contributed by atoms with Crippen LogP contribution in [0.2, 0.25) is 0 Å². The van der Waals surface area contributed by atoms with Crippen LogP contribution in [0.5, 0.6) is 0 Å². The Morgan fingerprint density at radius 1 is 1.41 bits per heavy atom. The molecular formula is C10H20N2O4S. The van der Waals surface area contributed by atoms with E-state index >= 15 is 0 Å². The number of ether oxygens (including phenoxy) is 1. The summed E-state index contributed by atoms with van der Waals surface area (Å²) in [6.45, 7) is 2.67. The predicted octanol–water partition coefficient (Wildman–Crippen LogP) is -1.23. The number of hydrogen-bond donors (Lipinski definition) is 2. The quantitative estimate of drug-likeness (QED) is 0.627. The Kier molecular flexibility index (Phi) is 5.35. The minimum atomic E-state index is -3.02. The molecule has 1 heterocycles. The van der Waals surface area contributed by atoms with Crippen LogP contribution in [0.25, 0.3) is 0 Å². The summed E-state index contributed by atoms with van der Waals surface area (Å²) in [5.74, 6) is -0.279. The van der Waals surface area contributed by atoms with Crippen LogP contribution in [0.3, 0.4) is 0 Å². The highest BCUT2D eigenvalue weighted by molar-refractivity contribution is 7.91. The van der Waals surface area contributed by atoms with E-state index < -0.39 is 9.84 Å². The van der Waals surface area contributed by atoms with Crippen molar-refractivity contribution in [2.45, 2.75) is 13.0 Å². The molecule has 0 aromatic heterocycles. The lowest BCUT2D eigenvalue weighted by atomic mass is 10.0. The number of amides is 1. The fraction of sp³-hybridized carbons (Fsp3) is 0.900. The van der Waals surface area contributed by atoms with Crippen molar-refractivity contribution < 1.29 is 17.9 Å². The standard InChI is InChI=1S/C10H20N2O4S/c1-3-17(14,15)5-4-12-10(13)8-6-16-7-9(8)11-2/h8-9,11H,3-7H2,1-2H3,(H,12,13). The Morgan fingerprint density at radius 2 is 2.12 bits per heavy atom. The van der Waals surface area contributed by atoms with Gasteiger partial charge in [-0.15, -0.1) is 0 Å². The van der Waals surface area contributed by atoms with E-state index in [0.717, 1.165) is 0 Å². The van der Waals surface area contributed by atoms with E-state index in [2.05, 4.69) is 10.6 Å². The Labute approximate surface area is 102 Å². The van der Waals surface area contributed by atoms with Gasteiger partial charge in [-0.05, 0) is 7.05 Å². The Hall–Kier alpha value is -0.660. The highest BCUT2D eigenvalue weighted by atomic mass is 32.2. The molecule has 0 aromatic carbocycles. The second-order valence-corrected chi connectivity index (χ2v) is 6.54. The van der Waals surface area contributed by atoms with Gasteiger partial charge in [0, 0.05) is 18.3 Å². The molecule has 0 bridgehead atoms. The molecule has 100 valence electrons. The molecular weight excluding hydrogens is 244 g/mol. The highest BCUT2D eigenvalue weighted by Gasteiger charge is 2.32. The maximum atomic E-state index is 11.8. The van der Waals surface area contributed by atoms with Gasteiger partial charge in [0.15, 0.2) is 9.84 Å². The summed E-state index contributed by atoms with van der Waals surface area (Å²) in [6, 6.07) is 0.0118. The van der Waals surface area contributed by atoms with Crippen LogP contribution in [-0.4, -0.2) is 58.7 Å². The van der Waals surface area contributed by atoms with Gasteiger partial charge in [0.2, 0.25) is 5.91 Å². The third-order valence-electron chi connectivity index (χ3n) is 2.94. The zero-order chi connectivity index (χ0) is 12.9. The second kappa shape index (κ2) is 6.32. The molecule has 2 N–H and O–H groups in total. The maximum Gasteiger partial charge on any atom is 0.227 e. The van der Waals surface area contributed by atoms with Crippen LogP contribution in [0.4, 0.5) is 0 Å². The first-order valence-electron chi connectivity index (χ1n) is 5.73. The molecule has 1 aliphatic rings. The molecule has 6 nitrogen and oxygen atoms in total. The van der Waals surface area contributed by atoms with Gasteiger partial charge < -0.3 is 15.4 Å². The van der Waals surface area contributed by atoms with Gasteiger partial charge >= 0.3 is 0 Å². The lowest BCUT2D eigenvalue weighted by Crippen LogP contribution is -2.43. The molecule has 0 aromatic rings. The summed E-state index contributed by atoms with van der Waals surface area (Å²) >= 11 is 0. The Bertz CT molecular complexity index is 355. The Morgan fingerprint density at radius 3 is 2.71 bits per heavy atom. The van der Waals surface area contributed by atoms with Gasteiger partial charge in [-0.3, -0.25) is 4.79 Å². The third-order valence-corrected chi connectivity index (χ3v) is 4.65. The fourth-order valence-corrected chi connectivity index (χ4v) is 2.40. The van der Waals surface area contributed by atoms with Gasteiger partial charge in [0.05, 0.1) is 24.9 Å². The van der Waals surface area contributed by atoms with Crippen LogP contribution in [-0.2, 0) is 19.4 Å². The molecule has 7 heteroatoms. The number of carbonyl (C=O) groups is 1. The molecule has 1 saturated heterocycles. The number of hydrogen-bond acceptors (Lipinski definition) is 5. The van der Waals surface area contributed by atoms with Gasteiger partial charge in [0.25, 0.3) is 0 Å². The van der Waals surface area contributed by atoms with Gasteiger partial charge in [-0.1, -0.05) is 6.92 Å². The van der Waals surface area contributed by atoms with Gasteiger partial charge in [-0.25, -0.2) is 8.42 Å². The fourth-order valence-electron chi connectivity index (χ4n) is 1.70. The topological polar surface area (TPSA) is 84.5 Å². The van der Waals surface area contributed by atoms with Crippen LogP contribution in [0.1, 0.15) is 6.92 Å². The molecule has 17 heavy (non-hydrogen) atoms. The van der Waals surface area contributed by atoms with Crippen molar-refractivity contribution in [2.24, 2.45) is 5.92 Å². The number of carbonyl (C=O) groups excluding carboxylic acids is 1. The van der Waals surface area contributed by atoms with Crippen molar-refractivity contribution in [1.82, 2.24) is 10.6 Å². The summed E-state index contributed by atoms with van der Waals surface area (Å²) in [7, 11) is -1.24. The van der Waals surface area contributed by atoms with Crippen molar-refractivity contribution in [3.63, 3.8) is 0 Å². The van der Waals surface area contributed by atoms with Crippen molar-refractivity contribution in [3.8, 4) is 0 Å². The number of likely N-dealkylation sites (N-methyl/N-ethyl adjacent to an activating group) is 1. The molecule has 2 atom stereocenters. The second-order valence-electron chi connectivity index (χ2n) is 4.07. The molecule has 0 radical (unpaired) electrons. The number of nitrogens with one attached hydrogen (secondary N) is 2. The summed E-state index contributed by atoms with van der Waals surface area (Å²) in [5.41, 5.74) is 0. The van der Waals surface area contributed by atoms with Crippen molar-refractivity contribution in [3.05, 3.63) is 0 Å². The number of sulfone groups is 1. The first-order valence-corrected chi connectivity index (χ1v) is 7.55. The average molecular weight is 264 g/mol. The predicted molar refractivity (Wildman–Crippen MR) is 64.5 cm³/mol. The van der Waals surface area contributed by atoms with E-state index in [-0.39, 0.29) is 35.9 Å². The van der Waals surface area contributed by atoms with E-state index in [1.54, 1.807) is 14.0 Å². The zero-order valence-electron chi connectivity index (χ0n) is 10.2. The summed E-state index contributed by atoms with van der Waals surface area (Å²) in [6.07, 6.45) is 0. The van der Waals surface area contributed by atoms with E-state index in [4.69, 9.17) is 4.74 Å². The van der Waals surface area contributed by atoms with Crippen molar-refractivity contribution >= 4 is 15.7 Å². The van der Waals surface area contributed by atoms with Crippen LogP contribution in [0.15, 0.2) is 0 Å². The van der Waals surface area contributed by atoms with E-state index in [0.29, 0.717) is 13.2 Å². The molecule has 0 aliphatic carbocycles. The minimum absolute atomic E-state index is 0.00691. The first kappa shape index (κ1) is 14.4. The highest BCUT2D eigenvalue weighted by Crippen LogP contribution is 2.13. The molecule has 1 aliphatic heterocycles. The lowest BCUT2D eigenvalue weighted by molar-refractivity contribution is -0.125. The van der Waals surface area contributed by atoms with E-state index in [9.17, 15) is 13.2 Å². The minimum Gasteiger partial charge on any atom is -0.379 e. The number of rotatable bonds is 6. The molecule has 0 spiro atoms. The summed E-state index contributed by atoms with van der Waals surface area (Å²) in [5, 5.41) is 5.65. The van der Waals surface area contributed by atoms with E-state index in [1.165, 1.54) is 0 Å². The van der Waals surface area contributed by atoms with Gasteiger partial charge in [0.1, 0.15) is 0 Å². The lowest BCUT2D eigenvalue weighted by Gasteiger charge is -2.16.